The summed E-state index contributed by atoms with van der Waals surface area (Å²) in [6.07, 6.45) is -2.72. The molecule has 1 amide bonds. The molecule has 0 radical (unpaired) electrons. The first-order chi connectivity index (χ1) is 10.7. The Morgan fingerprint density at radius 2 is 1.74 bits per heavy atom. The predicted molar refractivity (Wildman–Crippen MR) is 73.1 cm³/mol. The van der Waals surface area contributed by atoms with Crippen molar-refractivity contribution in [2.75, 3.05) is 5.32 Å². The minimum atomic E-state index is -4.53. The smallest absolute Gasteiger partial charge is 0.416 e. The van der Waals surface area contributed by atoms with Crippen LogP contribution >= 0.6 is 0 Å². The molecule has 0 fully saturated rings. The highest BCUT2D eigenvalue weighted by molar-refractivity contribution is 6.02. The van der Waals surface area contributed by atoms with Gasteiger partial charge in [0.2, 0.25) is 0 Å². The lowest BCUT2D eigenvalue weighted by Crippen LogP contribution is -2.16. The van der Waals surface area contributed by atoms with Gasteiger partial charge in [0.1, 0.15) is 5.69 Å². The summed E-state index contributed by atoms with van der Waals surface area (Å²) in [5.41, 5.74) is -1.46. The van der Waals surface area contributed by atoms with E-state index in [1.165, 1.54) is 19.1 Å². The van der Waals surface area contributed by atoms with E-state index in [0.29, 0.717) is 0 Å². The summed E-state index contributed by atoms with van der Waals surface area (Å²) < 4.78 is 38.5. The van der Waals surface area contributed by atoms with Crippen LogP contribution in [0.3, 0.4) is 0 Å². The van der Waals surface area contributed by atoms with Crippen molar-refractivity contribution in [2.45, 2.75) is 13.1 Å². The summed E-state index contributed by atoms with van der Waals surface area (Å²) in [4.78, 5) is 29.6. The number of carbonyl (C=O) groups excluding carboxylic acids is 1. The molecule has 23 heavy (non-hydrogen) atoms. The van der Waals surface area contributed by atoms with Gasteiger partial charge in [-0.05, 0) is 24.6 Å². The first kappa shape index (κ1) is 16.4. The van der Waals surface area contributed by atoms with E-state index in [-0.39, 0.29) is 22.6 Å². The highest BCUT2D eigenvalue weighted by Gasteiger charge is 2.32. The molecule has 0 aliphatic carbocycles. The van der Waals surface area contributed by atoms with Gasteiger partial charge in [0.25, 0.3) is 5.91 Å². The topological polar surface area (TPSA) is 92.2 Å². The fourth-order valence-electron chi connectivity index (χ4n) is 1.76. The number of nitrogens with one attached hydrogen (secondary N) is 1. The summed E-state index contributed by atoms with van der Waals surface area (Å²) >= 11 is 0. The van der Waals surface area contributed by atoms with Crippen molar-refractivity contribution in [1.82, 2.24) is 9.97 Å². The van der Waals surface area contributed by atoms with E-state index in [1.807, 2.05) is 0 Å². The van der Waals surface area contributed by atoms with E-state index in [9.17, 15) is 22.8 Å². The first-order valence-corrected chi connectivity index (χ1v) is 6.23. The van der Waals surface area contributed by atoms with Crippen molar-refractivity contribution >= 4 is 17.6 Å². The van der Waals surface area contributed by atoms with Crippen LogP contribution in [0.5, 0.6) is 0 Å². The van der Waals surface area contributed by atoms with Crippen molar-refractivity contribution in [3.63, 3.8) is 0 Å². The van der Waals surface area contributed by atoms with Crippen LogP contribution in [0.25, 0.3) is 0 Å². The third-order valence-electron chi connectivity index (χ3n) is 2.90. The van der Waals surface area contributed by atoms with E-state index < -0.39 is 23.6 Å². The Hall–Kier alpha value is -2.97. The molecule has 0 atom stereocenters. The van der Waals surface area contributed by atoms with Crippen LogP contribution < -0.4 is 5.32 Å². The standard InChI is InChI=1S/C14H10F3N3O3/c1-7-2-3-8(4-9(7)14(15,16)17)20-12(21)10-5-19-11(6-18-10)13(22)23/h2-6H,1H3,(H,20,21)(H,22,23). The maximum Gasteiger partial charge on any atom is 0.416 e. The molecule has 0 unspecified atom stereocenters. The number of rotatable bonds is 3. The Labute approximate surface area is 128 Å². The maximum absolute atomic E-state index is 12.8. The van der Waals surface area contributed by atoms with Gasteiger partial charge in [0.15, 0.2) is 5.69 Å². The normalized spacial score (nSPS) is 11.1. The Balaban J connectivity index is 2.22. The lowest BCUT2D eigenvalue weighted by Gasteiger charge is -2.12. The van der Waals surface area contributed by atoms with Crippen molar-refractivity contribution in [2.24, 2.45) is 0 Å². The molecule has 2 aromatic rings. The number of carboxylic acids is 1. The molecule has 0 aliphatic rings. The first-order valence-electron chi connectivity index (χ1n) is 6.23. The SMILES string of the molecule is Cc1ccc(NC(=O)c2cnc(C(=O)O)cn2)cc1C(F)(F)F. The fraction of sp³-hybridized carbons (Fsp3) is 0.143. The number of alkyl halides is 3. The number of aromatic carboxylic acids is 1. The summed E-state index contributed by atoms with van der Waals surface area (Å²) in [6, 6.07) is 3.37. The minimum absolute atomic E-state index is 0.0288. The zero-order valence-corrected chi connectivity index (χ0v) is 11.7. The van der Waals surface area contributed by atoms with Gasteiger partial charge in [-0.2, -0.15) is 13.2 Å². The molecule has 1 aromatic carbocycles. The monoisotopic (exact) mass is 325 g/mol. The van der Waals surface area contributed by atoms with Crippen molar-refractivity contribution in [3.8, 4) is 0 Å². The molecular formula is C14H10F3N3O3. The third kappa shape index (κ3) is 3.82. The lowest BCUT2D eigenvalue weighted by atomic mass is 10.1. The third-order valence-corrected chi connectivity index (χ3v) is 2.90. The average molecular weight is 325 g/mol. The summed E-state index contributed by atoms with van der Waals surface area (Å²) in [5.74, 6) is -2.11. The van der Waals surface area contributed by atoms with Gasteiger partial charge in [-0.1, -0.05) is 6.07 Å². The number of nitrogens with zero attached hydrogens (tertiary/aromatic N) is 2. The number of hydrogen-bond acceptors (Lipinski definition) is 4. The number of benzene rings is 1. The van der Waals surface area contributed by atoms with E-state index in [0.717, 1.165) is 18.5 Å². The second kappa shape index (κ2) is 6.03. The van der Waals surface area contributed by atoms with Gasteiger partial charge < -0.3 is 10.4 Å². The van der Waals surface area contributed by atoms with Gasteiger partial charge in [-0.25, -0.2) is 14.8 Å². The largest absolute Gasteiger partial charge is 0.476 e. The van der Waals surface area contributed by atoms with Gasteiger partial charge >= 0.3 is 12.1 Å². The van der Waals surface area contributed by atoms with Crippen LogP contribution in [-0.4, -0.2) is 27.0 Å². The zero-order valence-electron chi connectivity index (χ0n) is 11.7. The lowest BCUT2D eigenvalue weighted by molar-refractivity contribution is -0.138. The van der Waals surface area contributed by atoms with Crippen molar-refractivity contribution in [1.29, 1.82) is 0 Å². The molecule has 0 spiro atoms. The maximum atomic E-state index is 12.8. The number of carboxylic acid groups (broad SMARTS) is 1. The highest BCUT2D eigenvalue weighted by atomic mass is 19.4. The second-order valence-corrected chi connectivity index (χ2v) is 4.57. The molecule has 120 valence electrons. The number of anilines is 1. The van der Waals surface area contributed by atoms with E-state index in [1.54, 1.807) is 0 Å². The number of aryl methyl sites for hydroxylation is 1. The van der Waals surface area contributed by atoms with Gasteiger partial charge in [-0.3, -0.25) is 4.79 Å². The quantitative estimate of drug-likeness (QED) is 0.905. The number of halogens is 3. The second-order valence-electron chi connectivity index (χ2n) is 4.57. The molecule has 6 nitrogen and oxygen atoms in total. The Morgan fingerprint density at radius 3 is 2.26 bits per heavy atom. The highest BCUT2D eigenvalue weighted by Crippen LogP contribution is 2.33. The van der Waals surface area contributed by atoms with E-state index in [2.05, 4.69) is 15.3 Å². The summed E-state index contributed by atoms with van der Waals surface area (Å²) in [7, 11) is 0. The van der Waals surface area contributed by atoms with E-state index in [4.69, 9.17) is 5.11 Å². The number of hydrogen-bond donors (Lipinski definition) is 2. The van der Waals surface area contributed by atoms with Crippen LogP contribution in [0.1, 0.15) is 32.1 Å². The molecular weight excluding hydrogens is 315 g/mol. The molecule has 2 rings (SSSR count). The zero-order chi connectivity index (χ0) is 17.2. The van der Waals surface area contributed by atoms with Crippen LogP contribution in [0.4, 0.5) is 18.9 Å². The Bertz CT molecular complexity index is 758. The van der Waals surface area contributed by atoms with E-state index >= 15 is 0 Å². The molecule has 9 heteroatoms. The predicted octanol–water partition coefficient (Wildman–Crippen LogP) is 2.75. The van der Waals surface area contributed by atoms with Crippen LogP contribution in [0.15, 0.2) is 30.6 Å². The molecule has 0 aliphatic heterocycles. The number of carbonyl (C=O) groups is 2. The van der Waals surface area contributed by atoms with Crippen molar-refractivity contribution in [3.05, 3.63) is 53.1 Å². The van der Waals surface area contributed by atoms with Crippen LogP contribution in [0.2, 0.25) is 0 Å². The molecule has 1 heterocycles. The summed E-state index contributed by atoms with van der Waals surface area (Å²) in [6.45, 7) is 1.31. The molecule has 0 saturated heterocycles. The van der Waals surface area contributed by atoms with Gasteiger partial charge in [-0.15, -0.1) is 0 Å². The number of aromatic nitrogens is 2. The Morgan fingerprint density at radius 1 is 1.13 bits per heavy atom. The van der Waals surface area contributed by atoms with Crippen LogP contribution in [-0.2, 0) is 6.18 Å². The number of amides is 1. The minimum Gasteiger partial charge on any atom is -0.476 e. The van der Waals surface area contributed by atoms with Crippen LogP contribution in [0, 0.1) is 6.92 Å². The van der Waals surface area contributed by atoms with Gasteiger partial charge in [0, 0.05) is 5.69 Å². The molecule has 1 aromatic heterocycles. The van der Waals surface area contributed by atoms with Crippen molar-refractivity contribution < 1.29 is 27.9 Å². The average Bonchev–Trinajstić information content (AvgIpc) is 2.48. The fourth-order valence-corrected chi connectivity index (χ4v) is 1.76. The summed E-state index contributed by atoms with van der Waals surface area (Å²) in [5, 5.41) is 10.9. The molecule has 0 bridgehead atoms. The molecule has 0 saturated carbocycles. The van der Waals surface area contributed by atoms with Gasteiger partial charge in [0.05, 0.1) is 18.0 Å². The Kier molecular flexibility index (Phi) is 4.30. The molecule has 2 N–H and O–H groups in total.